The van der Waals surface area contributed by atoms with Gasteiger partial charge in [-0.15, -0.1) is 0 Å². The molecule has 1 aliphatic rings. The van der Waals surface area contributed by atoms with Gasteiger partial charge in [-0.25, -0.2) is 4.79 Å². The molecule has 1 saturated heterocycles. The molecule has 2 amide bonds. The molecular weight excluding hydrogens is 273 g/mol. The van der Waals surface area contributed by atoms with Crippen LogP contribution in [0.2, 0.25) is 0 Å². The molecular formula is C13H15F3N2O2. The first kappa shape index (κ1) is 14.6. The fraction of sp³-hybridized carbons (Fsp3) is 0.462. The average molecular weight is 288 g/mol. The van der Waals surface area contributed by atoms with E-state index < -0.39 is 23.4 Å². The Balaban J connectivity index is 2.05. The number of halogens is 3. The fourth-order valence-electron chi connectivity index (χ4n) is 2.09. The minimum atomic E-state index is -4.45. The molecule has 0 aromatic heterocycles. The van der Waals surface area contributed by atoms with E-state index in [2.05, 4.69) is 5.32 Å². The third-order valence-corrected chi connectivity index (χ3v) is 3.18. The summed E-state index contributed by atoms with van der Waals surface area (Å²) in [6, 6.07) is 3.93. The van der Waals surface area contributed by atoms with Crippen molar-refractivity contribution in [3.05, 3.63) is 29.8 Å². The van der Waals surface area contributed by atoms with E-state index in [1.165, 1.54) is 17.0 Å². The Morgan fingerprint density at radius 3 is 2.70 bits per heavy atom. The normalized spacial score (nSPS) is 22.9. The van der Waals surface area contributed by atoms with Crippen molar-refractivity contribution in [1.82, 2.24) is 4.90 Å². The van der Waals surface area contributed by atoms with E-state index in [-0.39, 0.29) is 12.2 Å². The molecule has 1 unspecified atom stereocenters. The lowest BCUT2D eigenvalue weighted by atomic mass is 10.1. The van der Waals surface area contributed by atoms with Crippen LogP contribution < -0.4 is 5.32 Å². The van der Waals surface area contributed by atoms with E-state index in [9.17, 15) is 23.1 Å². The molecule has 1 aromatic rings. The molecule has 1 aromatic carbocycles. The highest BCUT2D eigenvalue weighted by molar-refractivity contribution is 5.89. The summed E-state index contributed by atoms with van der Waals surface area (Å²) < 4.78 is 37.7. The Labute approximate surface area is 114 Å². The van der Waals surface area contributed by atoms with Gasteiger partial charge in [0.2, 0.25) is 0 Å². The number of β-amino-alcohol motifs (C(OH)–C–C–N with tert-alkyl or cyclic N) is 1. The Hall–Kier alpha value is -1.76. The molecule has 1 aliphatic heterocycles. The number of rotatable bonds is 1. The topological polar surface area (TPSA) is 52.6 Å². The van der Waals surface area contributed by atoms with E-state index in [0.717, 1.165) is 12.1 Å². The number of carbonyl (C=O) groups excluding carboxylic acids is 1. The number of carbonyl (C=O) groups is 1. The van der Waals surface area contributed by atoms with Gasteiger partial charge in [0.15, 0.2) is 0 Å². The number of amides is 2. The molecule has 0 bridgehead atoms. The third-order valence-electron chi connectivity index (χ3n) is 3.18. The summed E-state index contributed by atoms with van der Waals surface area (Å²) in [4.78, 5) is 13.3. The number of nitrogens with zero attached hydrogens (tertiary/aromatic N) is 1. The summed E-state index contributed by atoms with van der Waals surface area (Å²) in [5.41, 5.74) is -1.68. The Morgan fingerprint density at radius 2 is 2.15 bits per heavy atom. The van der Waals surface area contributed by atoms with Crippen LogP contribution in [-0.2, 0) is 6.18 Å². The summed E-state index contributed by atoms with van der Waals surface area (Å²) in [6.45, 7) is 2.15. The van der Waals surface area contributed by atoms with Gasteiger partial charge in [0.25, 0.3) is 0 Å². The second-order valence-electron chi connectivity index (χ2n) is 5.18. The average Bonchev–Trinajstić information content (AvgIpc) is 2.69. The number of hydrogen-bond acceptors (Lipinski definition) is 2. The lowest BCUT2D eigenvalue weighted by Crippen LogP contribution is -2.36. The molecule has 2 rings (SSSR count). The van der Waals surface area contributed by atoms with Crippen molar-refractivity contribution in [1.29, 1.82) is 0 Å². The summed E-state index contributed by atoms with van der Waals surface area (Å²) in [5.74, 6) is 0. The van der Waals surface area contributed by atoms with E-state index in [1.807, 2.05) is 0 Å². The van der Waals surface area contributed by atoms with Crippen LogP contribution in [0, 0.1) is 0 Å². The Bertz CT molecular complexity index is 515. The molecule has 0 aliphatic carbocycles. The summed E-state index contributed by atoms with van der Waals surface area (Å²) >= 11 is 0. The number of urea groups is 1. The second kappa shape index (κ2) is 4.97. The zero-order valence-electron chi connectivity index (χ0n) is 10.9. The number of anilines is 1. The zero-order chi connectivity index (χ0) is 15.0. The Morgan fingerprint density at radius 1 is 1.45 bits per heavy atom. The number of likely N-dealkylation sites (tertiary alicyclic amines) is 1. The maximum absolute atomic E-state index is 12.6. The van der Waals surface area contributed by atoms with Crippen LogP contribution in [0.1, 0.15) is 18.9 Å². The van der Waals surface area contributed by atoms with Crippen LogP contribution in [-0.4, -0.2) is 34.7 Å². The van der Waals surface area contributed by atoms with Gasteiger partial charge in [-0.2, -0.15) is 13.2 Å². The van der Waals surface area contributed by atoms with Crippen LogP contribution in [0.4, 0.5) is 23.7 Å². The minimum absolute atomic E-state index is 0.0800. The largest absolute Gasteiger partial charge is 0.416 e. The smallest absolute Gasteiger partial charge is 0.388 e. The molecule has 7 heteroatoms. The standard InChI is InChI=1S/C13H15F3N2O2/c1-12(20)5-6-18(8-12)11(19)17-10-4-2-3-9(7-10)13(14,15)16/h2-4,7,20H,5-6,8H2,1H3,(H,17,19). The lowest BCUT2D eigenvalue weighted by Gasteiger charge is -2.19. The molecule has 1 atom stereocenters. The second-order valence-corrected chi connectivity index (χ2v) is 5.18. The molecule has 20 heavy (non-hydrogen) atoms. The monoisotopic (exact) mass is 288 g/mol. The van der Waals surface area contributed by atoms with Crippen LogP contribution in [0.5, 0.6) is 0 Å². The first-order chi connectivity index (χ1) is 9.17. The van der Waals surface area contributed by atoms with Gasteiger partial charge < -0.3 is 15.3 Å². The summed E-state index contributed by atoms with van der Waals surface area (Å²) in [7, 11) is 0. The van der Waals surface area contributed by atoms with E-state index in [0.29, 0.717) is 13.0 Å². The number of alkyl halides is 3. The lowest BCUT2D eigenvalue weighted by molar-refractivity contribution is -0.137. The van der Waals surface area contributed by atoms with Crippen molar-refractivity contribution >= 4 is 11.7 Å². The molecule has 1 fully saturated rings. The number of aliphatic hydroxyl groups is 1. The van der Waals surface area contributed by atoms with Gasteiger partial charge >= 0.3 is 12.2 Å². The van der Waals surface area contributed by atoms with Crippen LogP contribution >= 0.6 is 0 Å². The molecule has 4 nitrogen and oxygen atoms in total. The maximum Gasteiger partial charge on any atom is 0.416 e. The van der Waals surface area contributed by atoms with Gasteiger partial charge in [-0.1, -0.05) is 6.07 Å². The molecule has 2 N–H and O–H groups in total. The zero-order valence-corrected chi connectivity index (χ0v) is 10.9. The fourth-order valence-corrected chi connectivity index (χ4v) is 2.09. The van der Waals surface area contributed by atoms with Crippen molar-refractivity contribution < 1.29 is 23.1 Å². The molecule has 110 valence electrons. The molecule has 0 spiro atoms. The summed E-state index contributed by atoms with van der Waals surface area (Å²) in [5, 5.41) is 12.2. The molecule has 0 radical (unpaired) electrons. The maximum atomic E-state index is 12.6. The van der Waals surface area contributed by atoms with Gasteiger partial charge in [0, 0.05) is 12.2 Å². The highest BCUT2D eigenvalue weighted by atomic mass is 19.4. The van der Waals surface area contributed by atoms with Crippen molar-refractivity contribution in [2.45, 2.75) is 25.1 Å². The van der Waals surface area contributed by atoms with Crippen molar-refractivity contribution in [3.8, 4) is 0 Å². The predicted molar refractivity (Wildman–Crippen MR) is 67.3 cm³/mol. The number of benzene rings is 1. The minimum Gasteiger partial charge on any atom is -0.388 e. The van der Waals surface area contributed by atoms with Gasteiger partial charge in [-0.05, 0) is 31.5 Å². The van der Waals surface area contributed by atoms with Crippen molar-refractivity contribution in [2.75, 3.05) is 18.4 Å². The van der Waals surface area contributed by atoms with Gasteiger partial charge in [0.1, 0.15) is 0 Å². The SMILES string of the molecule is CC1(O)CCN(C(=O)Nc2cccc(C(F)(F)F)c2)C1. The molecule has 0 saturated carbocycles. The highest BCUT2D eigenvalue weighted by Crippen LogP contribution is 2.30. The number of nitrogens with one attached hydrogen (secondary N) is 1. The van der Waals surface area contributed by atoms with Crippen LogP contribution in [0.3, 0.4) is 0 Å². The van der Waals surface area contributed by atoms with Crippen LogP contribution in [0.15, 0.2) is 24.3 Å². The molecule has 1 heterocycles. The Kier molecular flexibility index (Phi) is 3.64. The van der Waals surface area contributed by atoms with E-state index >= 15 is 0 Å². The third kappa shape index (κ3) is 3.41. The van der Waals surface area contributed by atoms with Gasteiger partial charge in [0.05, 0.1) is 17.7 Å². The van der Waals surface area contributed by atoms with Crippen molar-refractivity contribution in [2.24, 2.45) is 0 Å². The van der Waals surface area contributed by atoms with Crippen LogP contribution in [0.25, 0.3) is 0 Å². The summed E-state index contributed by atoms with van der Waals surface area (Å²) in [6.07, 6.45) is -4.00. The first-order valence-corrected chi connectivity index (χ1v) is 6.13. The highest BCUT2D eigenvalue weighted by Gasteiger charge is 2.34. The van der Waals surface area contributed by atoms with Gasteiger partial charge in [-0.3, -0.25) is 0 Å². The first-order valence-electron chi connectivity index (χ1n) is 6.13. The quantitative estimate of drug-likeness (QED) is 0.834. The predicted octanol–water partition coefficient (Wildman–Crippen LogP) is 2.69. The number of hydrogen-bond donors (Lipinski definition) is 2. The van der Waals surface area contributed by atoms with Crippen molar-refractivity contribution in [3.63, 3.8) is 0 Å². The van der Waals surface area contributed by atoms with E-state index in [4.69, 9.17) is 0 Å². The van der Waals surface area contributed by atoms with E-state index in [1.54, 1.807) is 6.92 Å².